The van der Waals surface area contributed by atoms with Gasteiger partial charge in [0.2, 0.25) is 11.8 Å². The Labute approximate surface area is 217 Å². The zero-order valence-corrected chi connectivity index (χ0v) is 22.6. The van der Waals surface area contributed by atoms with Crippen molar-refractivity contribution in [2.24, 2.45) is 13.0 Å². The van der Waals surface area contributed by atoms with Gasteiger partial charge in [-0.25, -0.2) is 9.59 Å². The van der Waals surface area contributed by atoms with Crippen LogP contribution in [0.3, 0.4) is 0 Å². The smallest absolute Gasteiger partial charge is 0.410 e. The van der Waals surface area contributed by atoms with Crippen LogP contribution in [-0.2, 0) is 27.8 Å². The standard InChI is InChI=1S/C27H39N5O5/c1-27(2,3)37-26(36)31-14-11-19(12-15-31)17-29(4)13-10-18-6-7-20-22(16-18)30(5)25(35)32(20)21-8-9-23(33)28-24(21)34/h6-7,16,19,21H,8-15,17H2,1-5H3,(H,28,33,34). The molecule has 0 saturated carbocycles. The van der Waals surface area contributed by atoms with Crippen molar-refractivity contribution in [1.82, 2.24) is 24.3 Å². The Morgan fingerprint density at radius 2 is 1.81 bits per heavy atom. The summed E-state index contributed by atoms with van der Waals surface area (Å²) >= 11 is 0. The molecule has 1 aromatic carbocycles. The number of hydrogen-bond acceptors (Lipinski definition) is 6. The Morgan fingerprint density at radius 3 is 2.46 bits per heavy atom. The third-order valence-electron chi connectivity index (χ3n) is 7.29. The van der Waals surface area contributed by atoms with E-state index in [9.17, 15) is 19.2 Å². The third kappa shape index (κ3) is 6.23. The zero-order chi connectivity index (χ0) is 26.9. The van der Waals surface area contributed by atoms with Crippen LogP contribution in [0.15, 0.2) is 23.0 Å². The second kappa shape index (κ2) is 10.7. The number of benzene rings is 1. The number of likely N-dealkylation sites (N-methyl/N-ethyl adjacent to an activating group) is 1. The summed E-state index contributed by atoms with van der Waals surface area (Å²) in [4.78, 5) is 53.3. The molecule has 37 heavy (non-hydrogen) atoms. The van der Waals surface area contributed by atoms with Gasteiger partial charge in [-0.1, -0.05) is 6.07 Å². The van der Waals surface area contributed by atoms with Crippen LogP contribution in [0, 0.1) is 5.92 Å². The van der Waals surface area contributed by atoms with Crippen LogP contribution in [0.1, 0.15) is 58.1 Å². The van der Waals surface area contributed by atoms with Crippen molar-refractivity contribution >= 4 is 28.9 Å². The highest BCUT2D eigenvalue weighted by Crippen LogP contribution is 2.24. The minimum Gasteiger partial charge on any atom is -0.444 e. The summed E-state index contributed by atoms with van der Waals surface area (Å²) in [5, 5.41) is 2.35. The third-order valence-corrected chi connectivity index (χ3v) is 7.29. The second-order valence-electron chi connectivity index (χ2n) is 11.4. The Bertz CT molecular complexity index is 1230. The van der Waals surface area contributed by atoms with Crippen LogP contribution >= 0.6 is 0 Å². The zero-order valence-electron chi connectivity index (χ0n) is 22.6. The quantitative estimate of drug-likeness (QED) is 0.595. The molecule has 0 radical (unpaired) electrons. The van der Waals surface area contributed by atoms with Crippen molar-refractivity contribution in [3.8, 4) is 0 Å². The Hall–Kier alpha value is -3.14. The predicted molar refractivity (Wildman–Crippen MR) is 140 cm³/mol. The average Bonchev–Trinajstić information content (AvgIpc) is 3.07. The summed E-state index contributed by atoms with van der Waals surface area (Å²) in [5.41, 5.74) is 1.88. The molecule has 10 nitrogen and oxygen atoms in total. The van der Waals surface area contributed by atoms with E-state index in [0.717, 1.165) is 56.5 Å². The van der Waals surface area contributed by atoms with E-state index in [0.29, 0.717) is 17.9 Å². The molecule has 1 aromatic heterocycles. The molecular formula is C27H39N5O5. The number of amides is 3. The Morgan fingerprint density at radius 1 is 1.11 bits per heavy atom. The van der Waals surface area contributed by atoms with Crippen LogP contribution in [0.4, 0.5) is 4.79 Å². The lowest BCUT2D eigenvalue weighted by Crippen LogP contribution is -2.44. The molecule has 2 aromatic rings. The summed E-state index contributed by atoms with van der Waals surface area (Å²) in [6.07, 6.45) is 3.09. The number of rotatable bonds is 6. The van der Waals surface area contributed by atoms with E-state index in [1.54, 1.807) is 11.6 Å². The lowest BCUT2D eigenvalue weighted by molar-refractivity contribution is -0.135. The molecule has 202 valence electrons. The number of hydrogen-bond donors (Lipinski definition) is 1. The largest absolute Gasteiger partial charge is 0.444 e. The van der Waals surface area contributed by atoms with Gasteiger partial charge >= 0.3 is 11.8 Å². The first kappa shape index (κ1) is 26.9. The monoisotopic (exact) mass is 513 g/mol. The molecule has 10 heteroatoms. The number of carbonyl (C=O) groups is 3. The van der Waals surface area contributed by atoms with Crippen LogP contribution in [-0.4, -0.2) is 75.7 Å². The van der Waals surface area contributed by atoms with Crippen molar-refractivity contribution < 1.29 is 19.1 Å². The summed E-state index contributed by atoms with van der Waals surface area (Å²) < 4.78 is 8.58. The van der Waals surface area contributed by atoms with Gasteiger partial charge in [0.15, 0.2) is 0 Å². The number of aromatic nitrogens is 2. The number of piperidine rings is 2. The van der Waals surface area contributed by atoms with Crippen molar-refractivity contribution in [1.29, 1.82) is 0 Å². The predicted octanol–water partition coefficient (Wildman–Crippen LogP) is 2.44. The normalized spacial score (nSPS) is 19.5. The van der Waals surface area contributed by atoms with E-state index in [2.05, 4.69) is 17.3 Å². The number of fused-ring (bicyclic) bond motifs is 1. The molecule has 0 aliphatic carbocycles. The minimum absolute atomic E-state index is 0.226. The fourth-order valence-corrected chi connectivity index (χ4v) is 5.27. The molecule has 1 atom stereocenters. The summed E-state index contributed by atoms with van der Waals surface area (Å²) in [7, 11) is 3.83. The lowest BCUT2D eigenvalue weighted by atomic mass is 9.96. The first-order chi connectivity index (χ1) is 17.4. The highest BCUT2D eigenvalue weighted by atomic mass is 16.6. The van der Waals surface area contributed by atoms with Crippen molar-refractivity contribution in [2.45, 2.75) is 64.5 Å². The van der Waals surface area contributed by atoms with Crippen molar-refractivity contribution in [2.75, 3.05) is 33.2 Å². The maximum absolute atomic E-state index is 13.0. The molecule has 1 N–H and O–H groups in total. The first-order valence-corrected chi connectivity index (χ1v) is 13.1. The molecule has 3 heterocycles. The molecular weight excluding hydrogens is 474 g/mol. The van der Waals surface area contributed by atoms with Gasteiger partial charge in [0.25, 0.3) is 0 Å². The summed E-state index contributed by atoms with van der Waals surface area (Å²) in [6.45, 7) is 8.95. The van der Waals surface area contributed by atoms with Crippen LogP contribution in [0.5, 0.6) is 0 Å². The lowest BCUT2D eigenvalue weighted by Gasteiger charge is -2.34. The van der Waals surface area contributed by atoms with Gasteiger partial charge < -0.3 is 14.5 Å². The van der Waals surface area contributed by atoms with Gasteiger partial charge in [-0.05, 0) is 77.1 Å². The number of aryl methyl sites for hydroxylation is 1. The van der Waals surface area contributed by atoms with E-state index in [1.807, 2.05) is 43.9 Å². The van der Waals surface area contributed by atoms with Gasteiger partial charge in [-0.2, -0.15) is 0 Å². The van der Waals surface area contributed by atoms with Gasteiger partial charge in [0.05, 0.1) is 11.0 Å². The van der Waals surface area contributed by atoms with Crippen molar-refractivity contribution in [3.05, 3.63) is 34.2 Å². The number of imidazole rings is 1. The van der Waals surface area contributed by atoms with E-state index in [-0.39, 0.29) is 24.1 Å². The molecule has 2 aliphatic rings. The fourth-order valence-electron chi connectivity index (χ4n) is 5.27. The fraction of sp³-hybridized carbons (Fsp3) is 0.630. The van der Waals surface area contributed by atoms with E-state index < -0.39 is 17.6 Å². The molecule has 3 amide bonds. The van der Waals surface area contributed by atoms with Gasteiger partial charge in [-0.3, -0.25) is 24.0 Å². The Balaban J connectivity index is 1.33. The molecule has 2 fully saturated rings. The topological polar surface area (TPSA) is 106 Å². The summed E-state index contributed by atoms with van der Waals surface area (Å²) in [6, 6.07) is 5.26. The second-order valence-corrected chi connectivity index (χ2v) is 11.4. The minimum atomic E-state index is -0.674. The average molecular weight is 514 g/mol. The van der Waals surface area contributed by atoms with Gasteiger partial charge in [0, 0.05) is 39.6 Å². The molecule has 2 aliphatic heterocycles. The summed E-state index contributed by atoms with van der Waals surface area (Å²) in [5.74, 6) is -0.183. The molecule has 2 saturated heterocycles. The number of nitrogens with zero attached hydrogens (tertiary/aromatic N) is 4. The molecule has 4 rings (SSSR count). The number of carbonyl (C=O) groups excluding carboxylic acids is 3. The van der Waals surface area contributed by atoms with Crippen LogP contribution < -0.4 is 11.0 Å². The molecule has 1 unspecified atom stereocenters. The van der Waals surface area contributed by atoms with E-state index in [4.69, 9.17) is 4.74 Å². The van der Waals surface area contributed by atoms with E-state index >= 15 is 0 Å². The van der Waals surface area contributed by atoms with Crippen molar-refractivity contribution in [3.63, 3.8) is 0 Å². The first-order valence-electron chi connectivity index (χ1n) is 13.1. The highest BCUT2D eigenvalue weighted by molar-refractivity contribution is 6.00. The van der Waals surface area contributed by atoms with Crippen LogP contribution in [0.25, 0.3) is 11.0 Å². The van der Waals surface area contributed by atoms with E-state index in [1.165, 1.54) is 4.57 Å². The number of nitrogens with one attached hydrogen (secondary N) is 1. The number of imide groups is 1. The number of ether oxygens (including phenoxy) is 1. The maximum atomic E-state index is 13.0. The molecule has 0 spiro atoms. The maximum Gasteiger partial charge on any atom is 0.410 e. The van der Waals surface area contributed by atoms with Crippen LogP contribution in [0.2, 0.25) is 0 Å². The Kier molecular flexibility index (Phi) is 7.77. The highest BCUT2D eigenvalue weighted by Gasteiger charge is 2.31. The SMILES string of the molecule is CN(CCc1ccc2c(c1)n(C)c(=O)n2C1CCC(=O)NC1=O)CC1CCN(C(=O)OC(C)(C)C)CC1. The number of likely N-dealkylation sites (tertiary alicyclic amines) is 1. The van der Waals surface area contributed by atoms with Gasteiger partial charge in [-0.15, -0.1) is 0 Å². The van der Waals surface area contributed by atoms with Gasteiger partial charge in [0.1, 0.15) is 11.6 Å². The molecule has 0 bridgehead atoms.